The second-order valence-corrected chi connectivity index (χ2v) is 10.3. The highest BCUT2D eigenvalue weighted by atomic mass is 32.2. The van der Waals surface area contributed by atoms with E-state index in [0.717, 1.165) is 12.4 Å². The number of para-hydroxylation sites is 1. The molecule has 0 aliphatic heterocycles. The van der Waals surface area contributed by atoms with Gasteiger partial charge in [0, 0.05) is 0 Å². The predicted octanol–water partition coefficient (Wildman–Crippen LogP) is 2.82. The van der Waals surface area contributed by atoms with Gasteiger partial charge in [-0.05, 0) is 38.1 Å². The number of hydrogen-bond acceptors (Lipinski definition) is 10. The summed E-state index contributed by atoms with van der Waals surface area (Å²) >= 11 is 0. The molecule has 4 rings (SSSR count). The van der Waals surface area contributed by atoms with Crippen LogP contribution in [0.25, 0.3) is 17.3 Å². The first-order chi connectivity index (χ1) is 17.2. The lowest BCUT2D eigenvalue weighted by Crippen LogP contribution is -2.29. The fourth-order valence-electron chi connectivity index (χ4n) is 3.60. The molecule has 36 heavy (non-hydrogen) atoms. The van der Waals surface area contributed by atoms with Crippen molar-refractivity contribution in [2.24, 2.45) is 0 Å². The summed E-state index contributed by atoms with van der Waals surface area (Å²) in [4.78, 5) is 7.39. The molecular formula is C23H24FN5O6S. The molecule has 0 fully saturated rings. The topological polar surface area (TPSA) is 142 Å². The summed E-state index contributed by atoms with van der Waals surface area (Å²) < 4.78 is 58.2. The van der Waals surface area contributed by atoms with Crippen LogP contribution in [0.15, 0.2) is 47.1 Å². The largest absolute Gasteiger partial charge is 0.494 e. The Morgan fingerprint density at radius 3 is 2.28 bits per heavy atom. The third-order valence-corrected chi connectivity index (χ3v) is 7.61. The van der Waals surface area contributed by atoms with Crippen molar-refractivity contribution in [1.82, 2.24) is 24.7 Å². The zero-order valence-corrected chi connectivity index (χ0v) is 20.7. The number of benzene rings is 1. The molecule has 3 aromatic heterocycles. The van der Waals surface area contributed by atoms with Gasteiger partial charge in [-0.2, -0.15) is 0 Å². The summed E-state index contributed by atoms with van der Waals surface area (Å²) in [5.74, 6) is 0.455. The Balaban J connectivity index is 1.81. The minimum atomic E-state index is -4.06. The van der Waals surface area contributed by atoms with Crippen LogP contribution in [0.2, 0.25) is 0 Å². The SMILES string of the molecule is COc1cccc(OC)c1-n1c(CS(=O)(=O)[C@@H](C)[C@H](O)c2ncc(F)cn2)nnc1-c1ccc(C)o1. The fraction of sp³-hybridized carbons (Fsp3) is 0.304. The molecule has 0 unspecified atom stereocenters. The number of ether oxygens (including phenoxy) is 2. The number of rotatable bonds is 9. The van der Waals surface area contributed by atoms with E-state index in [1.54, 1.807) is 37.3 Å². The summed E-state index contributed by atoms with van der Waals surface area (Å²) in [6, 6.07) is 8.52. The van der Waals surface area contributed by atoms with Crippen LogP contribution >= 0.6 is 0 Å². The number of aliphatic hydroxyl groups excluding tert-OH is 1. The van der Waals surface area contributed by atoms with Crippen LogP contribution in [0.5, 0.6) is 11.5 Å². The van der Waals surface area contributed by atoms with Crippen molar-refractivity contribution in [1.29, 1.82) is 0 Å². The molecule has 0 amide bonds. The molecule has 2 atom stereocenters. The maximum absolute atomic E-state index is 13.4. The van der Waals surface area contributed by atoms with Gasteiger partial charge >= 0.3 is 0 Å². The van der Waals surface area contributed by atoms with E-state index in [9.17, 15) is 17.9 Å². The molecule has 190 valence electrons. The van der Waals surface area contributed by atoms with Crippen molar-refractivity contribution >= 4 is 9.84 Å². The Bertz CT molecular complexity index is 1450. The van der Waals surface area contributed by atoms with Crippen molar-refractivity contribution in [3.05, 3.63) is 66.0 Å². The van der Waals surface area contributed by atoms with Gasteiger partial charge in [-0.15, -0.1) is 10.2 Å². The molecule has 0 bridgehead atoms. The molecule has 0 radical (unpaired) electrons. The van der Waals surface area contributed by atoms with Gasteiger partial charge in [0.1, 0.15) is 34.8 Å². The van der Waals surface area contributed by atoms with E-state index in [1.165, 1.54) is 25.7 Å². The van der Waals surface area contributed by atoms with E-state index in [-0.39, 0.29) is 17.5 Å². The summed E-state index contributed by atoms with van der Waals surface area (Å²) in [5, 5.41) is 17.6. The van der Waals surface area contributed by atoms with Gasteiger partial charge in [-0.1, -0.05) is 6.07 Å². The standard InChI is InChI=1S/C23H24FN5O6S/c1-13-8-9-18(35-13)23-28-27-19(29(23)20-16(33-3)6-5-7-17(20)34-4)12-36(31,32)14(2)21(30)22-25-10-15(24)11-26-22/h5-11,14,21,30H,12H2,1-4H3/t14-,21-/m0/s1. The second-order valence-electron chi connectivity index (χ2n) is 7.91. The van der Waals surface area contributed by atoms with Gasteiger partial charge < -0.3 is 19.0 Å². The van der Waals surface area contributed by atoms with Crippen LogP contribution in [0.1, 0.15) is 30.4 Å². The highest BCUT2D eigenvalue weighted by Gasteiger charge is 2.34. The third kappa shape index (κ3) is 4.79. The van der Waals surface area contributed by atoms with Gasteiger partial charge in [0.25, 0.3) is 0 Å². The molecule has 1 N–H and O–H groups in total. The molecule has 0 aliphatic rings. The molecule has 4 aromatic rings. The smallest absolute Gasteiger partial charge is 0.204 e. The second kappa shape index (κ2) is 10.0. The van der Waals surface area contributed by atoms with Crippen molar-refractivity contribution in [3.8, 4) is 28.8 Å². The van der Waals surface area contributed by atoms with Crippen LogP contribution in [0, 0.1) is 12.7 Å². The Hall–Kier alpha value is -3.84. The Morgan fingerprint density at radius 2 is 1.72 bits per heavy atom. The Morgan fingerprint density at radius 1 is 1.08 bits per heavy atom. The summed E-state index contributed by atoms with van der Waals surface area (Å²) in [6.45, 7) is 3.08. The average molecular weight is 518 g/mol. The molecule has 0 spiro atoms. The van der Waals surface area contributed by atoms with Crippen molar-refractivity contribution in [3.63, 3.8) is 0 Å². The Kier molecular flexibility index (Phi) is 7.04. The van der Waals surface area contributed by atoms with Gasteiger partial charge in [-0.25, -0.2) is 22.8 Å². The molecule has 0 aliphatic carbocycles. The molecule has 13 heteroatoms. The number of aryl methyl sites for hydroxylation is 1. The van der Waals surface area contributed by atoms with E-state index in [4.69, 9.17) is 13.9 Å². The minimum absolute atomic E-state index is 0.0286. The van der Waals surface area contributed by atoms with E-state index in [2.05, 4.69) is 20.2 Å². The summed E-state index contributed by atoms with van der Waals surface area (Å²) in [7, 11) is -1.13. The lowest BCUT2D eigenvalue weighted by Gasteiger charge is -2.19. The highest BCUT2D eigenvalue weighted by Crippen LogP contribution is 2.37. The molecule has 3 heterocycles. The maximum atomic E-state index is 13.4. The third-order valence-electron chi connectivity index (χ3n) is 5.56. The molecular weight excluding hydrogens is 493 g/mol. The van der Waals surface area contributed by atoms with Crippen molar-refractivity contribution in [2.45, 2.75) is 31.0 Å². The normalized spacial score (nSPS) is 13.4. The molecule has 11 nitrogen and oxygen atoms in total. The monoisotopic (exact) mass is 517 g/mol. The van der Waals surface area contributed by atoms with Gasteiger partial charge in [0.15, 0.2) is 33.1 Å². The number of aromatic nitrogens is 5. The van der Waals surface area contributed by atoms with Gasteiger partial charge in [-0.3, -0.25) is 4.57 Å². The molecule has 1 aromatic carbocycles. The van der Waals surface area contributed by atoms with Crippen LogP contribution < -0.4 is 9.47 Å². The number of sulfone groups is 1. The molecule has 0 saturated heterocycles. The average Bonchev–Trinajstić information content (AvgIpc) is 3.48. The zero-order valence-electron chi connectivity index (χ0n) is 19.9. The number of aliphatic hydroxyl groups is 1. The van der Waals surface area contributed by atoms with Crippen LogP contribution in [-0.4, -0.2) is 57.7 Å². The van der Waals surface area contributed by atoms with Crippen molar-refractivity contribution in [2.75, 3.05) is 14.2 Å². The van der Waals surface area contributed by atoms with Crippen molar-refractivity contribution < 1.29 is 31.8 Å². The number of furan rings is 1. The van der Waals surface area contributed by atoms with E-state index >= 15 is 0 Å². The first-order valence-electron chi connectivity index (χ1n) is 10.8. The molecule has 0 saturated carbocycles. The minimum Gasteiger partial charge on any atom is -0.494 e. The lowest BCUT2D eigenvalue weighted by atomic mass is 10.2. The summed E-state index contributed by atoms with van der Waals surface area (Å²) in [6.07, 6.45) is 0.111. The van der Waals surface area contributed by atoms with Crippen LogP contribution in [0.3, 0.4) is 0 Å². The summed E-state index contributed by atoms with van der Waals surface area (Å²) in [5.41, 5.74) is 0.372. The predicted molar refractivity (Wildman–Crippen MR) is 126 cm³/mol. The quantitative estimate of drug-likeness (QED) is 0.352. The van der Waals surface area contributed by atoms with Crippen LogP contribution in [-0.2, 0) is 15.6 Å². The van der Waals surface area contributed by atoms with Gasteiger partial charge in [0.05, 0.1) is 31.9 Å². The number of nitrogens with zero attached hydrogens (tertiary/aromatic N) is 5. The van der Waals surface area contributed by atoms with Gasteiger partial charge in [0.2, 0.25) is 5.82 Å². The zero-order chi connectivity index (χ0) is 26.0. The lowest BCUT2D eigenvalue weighted by molar-refractivity contribution is 0.165. The first-order valence-corrected chi connectivity index (χ1v) is 12.5. The number of methoxy groups -OCH3 is 2. The van der Waals surface area contributed by atoms with E-state index < -0.39 is 32.8 Å². The number of halogens is 1. The van der Waals surface area contributed by atoms with E-state index in [1.807, 2.05) is 0 Å². The van der Waals surface area contributed by atoms with Crippen LogP contribution in [0.4, 0.5) is 4.39 Å². The maximum Gasteiger partial charge on any atom is 0.204 e. The van der Waals surface area contributed by atoms with E-state index in [0.29, 0.717) is 28.7 Å². The fourth-order valence-corrected chi connectivity index (χ4v) is 4.93. The highest BCUT2D eigenvalue weighted by molar-refractivity contribution is 7.91. The Labute approximate surface area is 206 Å². The number of hydrogen-bond donors (Lipinski definition) is 1. The first kappa shape index (κ1) is 25.3.